The third kappa shape index (κ3) is 0.900. The van der Waals surface area contributed by atoms with Crippen LogP contribution < -0.4 is 5.56 Å². The zero-order chi connectivity index (χ0) is 5.98. The van der Waals surface area contributed by atoms with Gasteiger partial charge in [-0.05, 0) is 0 Å². The Hall–Kier alpha value is -1.19. The predicted molar refractivity (Wildman–Crippen MR) is 23.7 cm³/mol. The Balaban J connectivity index is 3.22. The highest BCUT2D eigenvalue weighted by atomic mass is 19.1. The summed E-state index contributed by atoms with van der Waals surface area (Å²) in [6.45, 7) is 0. The van der Waals surface area contributed by atoms with Gasteiger partial charge in [0.15, 0.2) is 0 Å². The van der Waals surface area contributed by atoms with Crippen LogP contribution in [0.1, 0.15) is 0 Å². The molecule has 0 unspecified atom stereocenters. The second kappa shape index (κ2) is 1.73. The molecule has 8 heavy (non-hydrogen) atoms. The van der Waals surface area contributed by atoms with Crippen LogP contribution in [-0.2, 0) is 0 Å². The van der Waals surface area contributed by atoms with Gasteiger partial charge in [0.1, 0.15) is 0 Å². The van der Waals surface area contributed by atoms with Gasteiger partial charge < -0.3 is 0 Å². The van der Waals surface area contributed by atoms with Crippen molar-refractivity contribution >= 4 is 0 Å². The molecule has 0 bridgehead atoms. The fourth-order valence-corrected chi connectivity index (χ4v) is 0.294. The Morgan fingerprint density at radius 3 is 3.00 bits per heavy atom. The van der Waals surface area contributed by atoms with Crippen LogP contribution >= 0.6 is 0 Å². The summed E-state index contributed by atoms with van der Waals surface area (Å²) < 4.78 is 11.7. The summed E-state index contributed by atoms with van der Waals surface area (Å²) in [5.41, 5.74) is -0.452. The lowest BCUT2D eigenvalue weighted by Crippen LogP contribution is -2.06. The molecule has 41 valence electrons. The highest BCUT2D eigenvalue weighted by Crippen LogP contribution is 1.77. The van der Waals surface area contributed by atoms with E-state index < -0.39 is 11.5 Å². The summed E-state index contributed by atoms with van der Waals surface area (Å²) in [6, 6.07) is 2.92. The number of rotatable bonds is 0. The lowest BCUT2D eigenvalue weighted by molar-refractivity contribution is 0.558. The van der Waals surface area contributed by atoms with E-state index in [4.69, 9.17) is 0 Å². The number of halogens is 1. The topological polar surface area (TPSA) is 45.8 Å². The predicted octanol–water partition coefficient (Wildman–Crippen LogP) is -0.291. The molecule has 0 saturated carbocycles. The van der Waals surface area contributed by atoms with Crippen molar-refractivity contribution in [2.45, 2.75) is 0 Å². The Morgan fingerprint density at radius 1 is 1.88 bits per heavy atom. The SMILES string of the molecule is O=c1c[c]c(F)n[nH]1. The molecule has 1 rings (SSSR count). The maximum Gasteiger partial charge on any atom is 0.264 e. The van der Waals surface area contributed by atoms with Crippen LogP contribution in [-0.4, -0.2) is 10.2 Å². The first-order chi connectivity index (χ1) is 3.79. The van der Waals surface area contributed by atoms with Crippen molar-refractivity contribution in [3.8, 4) is 0 Å². The summed E-state index contributed by atoms with van der Waals surface area (Å²) in [7, 11) is 0. The van der Waals surface area contributed by atoms with Crippen molar-refractivity contribution in [2.75, 3.05) is 0 Å². The highest BCUT2D eigenvalue weighted by molar-refractivity contribution is 4.81. The lowest BCUT2D eigenvalue weighted by Gasteiger charge is -1.78. The summed E-state index contributed by atoms with van der Waals surface area (Å²) in [4.78, 5) is 10.1. The summed E-state index contributed by atoms with van der Waals surface area (Å²) in [6.07, 6.45) is 0. The third-order valence-corrected chi connectivity index (χ3v) is 0.587. The van der Waals surface area contributed by atoms with E-state index in [1.54, 1.807) is 0 Å². The van der Waals surface area contributed by atoms with E-state index in [-0.39, 0.29) is 0 Å². The van der Waals surface area contributed by atoms with Gasteiger partial charge in [-0.15, -0.1) is 5.10 Å². The third-order valence-electron chi connectivity index (χ3n) is 0.587. The van der Waals surface area contributed by atoms with Gasteiger partial charge in [-0.3, -0.25) is 4.79 Å². The molecule has 0 aliphatic heterocycles. The van der Waals surface area contributed by atoms with Gasteiger partial charge in [0.2, 0.25) is 5.95 Å². The molecular weight excluding hydrogens is 111 g/mol. The monoisotopic (exact) mass is 113 g/mol. The Bertz CT molecular complexity index is 211. The van der Waals surface area contributed by atoms with Gasteiger partial charge in [0.25, 0.3) is 5.56 Å². The summed E-state index contributed by atoms with van der Waals surface area (Å²) >= 11 is 0. The van der Waals surface area contributed by atoms with Crippen LogP contribution in [0, 0.1) is 12.0 Å². The second-order valence-corrected chi connectivity index (χ2v) is 1.17. The maximum atomic E-state index is 11.7. The maximum absolute atomic E-state index is 11.7. The Morgan fingerprint density at radius 2 is 2.62 bits per heavy atom. The first kappa shape index (κ1) is 4.96. The van der Waals surface area contributed by atoms with Gasteiger partial charge >= 0.3 is 0 Å². The number of aromatic amines is 1. The van der Waals surface area contributed by atoms with Crippen molar-refractivity contribution in [3.63, 3.8) is 0 Å². The zero-order valence-corrected chi connectivity index (χ0v) is 3.81. The lowest BCUT2D eigenvalue weighted by atomic mass is 10.6. The van der Waals surface area contributed by atoms with Crippen molar-refractivity contribution < 1.29 is 4.39 Å². The number of hydrogen-bond acceptors (Lipinski definition) is 2. The molecule has 1 aromatic rings. The van der Waals surface area contributed by atoms with Crippen LogP contribution in [0.5, 0.6) is 0 Å². The van der Waals surface area contributed by atoms with Crippen molar-refractivity contribution in [1.29, 1.82) is 0 Å². The molecule has 1 heterocycles. The summed E-state index contributed by atoms with van der Waals surface area (Å²) in [5, 5.41) is 4.81. The highest BCUT2D eigenvalue weighted by Gasteiger charge is 1.85. The van der Waals surface area contributed by atoms with Crippen LogP contribution in [0.4, 0.5) is 4.39 Å². The Kier molecular flexibility index (Phi) is 1.07. The first-order valence-corrected chi connectivity index (χ1v) is 1.92. The number of H-pyrrole nitrogens is 1. The van der Waals surface area contributed by atoms with E-state index in [0.717, 1.165) is 6.07 Å². The molecular formula is C4H2FN2O. The molecule has 0 saturated heterocycles. The zero-order valence-electron chi connectivity index (χ0n) is 3.81. The van der Waals surface area contributed by atoms with Gasteiger partial charge in [-0.25, -0.2) is 5.10 Å². The van der Waals surface area contributed by atoms with Crippen molar-refractivity contribution in [3.05, 3.63) is 28.4 Å². The number of aromatic nitrogens is 2. The van der Waals surface area contributed by atoms with E-state index in [1.165, 1.54) is 0 Å². The molecule has 0 aliphatic carbocycles. The van der Waals surface area contributed by atoms with Gasteiger partial charge in [-0.2, -0.15) is 4.39 Å². The molecule has 0 spiro atoms. The smallest absolute Gasteiger partial charge is 0.264 e. The van der Waals surface area contributed by atoms with E-state index in [2.05, 4.69) is 5.10 Å². The molecule has 4 heteroatoms. The quantitative estimate of drug-likeness (QED) is 0.502. The standard InChI is InChI=1S/C4H2FN2O/c5-3-1-2-4(8)7-6-3/h2H,(H,7,8). The minimum absolute atomic E-state index is 0.452. The fourth-order valence-electron chi connectivity index (χ4n) is 0.294. The molecule has 1 aromatic heterocycles. The average Bonchev–Trinajstić information content (AvgIpc) is 1.77. The van der Waals surface area contributed by atoms with E-state index in [1.807, 2.05) is 11.2 Å². The van der Waals surface area contributed by atoms with E-state index in [9.17, 15) is 9.18 Å². The number of nitrogens with one attached hydrogen (secondary N) is 1. The minimum Gasteiger partial charge on any atom is -0.268 e. The largest absolute Gasteiger partial charge is 0.268 e. The van der Waals surface area contributed by atoms with Crippen LogP contribution in [0.25, 0.3) is 0 Å². The van der Waals surface area contributed by atoms with Crippen LogP contribution in [0.3, 0.4) is 0 Å². The molecule has 0 atom stereocenters. The molecule has 0 aliphatic rings. The van der Waals surface area contributed by atoms with E-state index in [0.29, 0.717) is 0 Å². The number of nitrogens with zero attached hydrogens (tertiary/aromatic N) is 1. The first-order valence-electron chi connectivity index (χ1n) is 1.92. The molecule has 0 aromatic carbocycles. The Labute approximate surface area is 44.2 Å². The van der Waals surface area contributed by atoms with Crippen molar-refractivity contribution in [2.24, 2.45) is 0 Å². The van der Waals surface area contributed by atoms with Gasteiger partial charge in [0, 0.05) is 12.1 Å². The van der Waals surface area contributed by atoms with Crippen LogP contribution in [0.2, 0.25) is 0 Å². The van der Waals surface area contributed by atoms with Crippen molar-refractivity contribution in [1.82, 2.24) is 10.2 Å². The summed E-state index contributed by atoms with van der Waals surface area (Å²) in [5.74, 6) is -0.801. The van der Waals surface area contributed by atoms with Gasteiger partial charge in [0.05, 0.1) is 0 Å². The second-order valence-electron chi connectivity index (χ2n) is 1.17. The average molecular weight is 113 g/mol. The fraction of sp³-hybridized carbons (Fsp3) is 0. The number of hydrogen-bond donors (Lipinski definition) is 1. The molecule has 0 fully saturated rings. The molecule has 1 N–H and O–H groups in total. The molecule has 0 amide bonds. The van der Waals surface area contributed by atoms with Gasteiger partial charge in [-0.1, -0.05) is 0 Å². The molecule has 3 nitrogen and oxygen atoms in total. The van der Waals surface area contributed by atoms with Crippen LogP contribution in [0.15, 0.2) is 10.9 Å². The normalized spacial score (nSPS) is 9.12. The minimum atomic E-state index is -0.801. The molecule has 1 radical (unpaired) electrons. The van der Waals surface area contributed by atoms with E-state index >= 15 is 0 Å².